The van der Waals surface area contributed by atoms with Crippen molar-refractivity contribution < 1.29 is 4.79 Å². The highest BCUT2D eigenvalue weighted by molar-refractivity contribution is 7.12. The van der Waals surface area contributed by atoms with Gasteiger partial charge in [-0.2, -0.15) is 0 Å². The predicted molar refractivity (Wildman–Crippen MR) is 123 cm³/mol. The van der Waals surface area contributed by atoms with Crippen molar-refractivity contribution in [3.63, 3.8) is 0 Å². The van der Waals surface area contributed by atoms with Crippen LogP contribution >= 0.6 is 11.3 Å². The fourth-order valence-electron chi connectivity index (χ4n) is 3.62. The first-order valence-electron chi connectivity index (χ1n) is 10.3. The summed E-state index contributed by atoms with van der Waals surface area (Å²) in [5.41, 5.74) is 4.50. The molecule has 0 aliphatic carbocycles. The zero-order valence-corrected chi connectivity index (χ0v) is 19.3. The Hall–Kier alpha value is -1.81. The standard InChI is InChI=1S/C24H36N2OS/c1-8-19(26-13-11-10-12-22-21(26)15-18(4)28-22)14-17(3)20(9-2)25-23(27)16-24(5,6)7/h8,14-15H,1,9-13,16H2,2-7H3,(H,25,27)/b19-14+,20-17+. The highest BCUT2D eigenvalue weighted by Gasteiger charge is 2.20. The van der Waals surface area contributed by atoms with Crippen molar-refractivity contribution in [2.24, 2.45) is 5.41 Å². The molecule has 28 heavy (non-hydrogen) atoms. The molecule has 0 unspecified atom stereocenters. The molecule has 0 spiro atoms. The Morgan fingerprint density at radius 3 is 2.68 bits per heavy atom. The number of nitrogens with zero attached hydrogens (tertiary/aromatic N) is 1. The van der Waals surface area contributed by atoms with Crippen LogP contribution in [0.15, 0.2) is 41.8 Å². The molecule has 0 saturated carbocycles. The van der Waals surface area contributed by atoms with Crippen LogP contribution in [0.4, 0.5) is 5.69 Å². The largest absolute Gasteiger partial charge is 0.341 e. The van der Waals surface area contributed by atoms with Gasteiger partial charge in [0.15, 0.2) is 0 Å². The first-order chi connectivity index (χ1) is 13.1. The van der Waals surface area contributed by atoms with Crippen molar-refractivity contribution in [3.8, 4) is 0 Å². The minimum Gasteiger partial charge on any atom is -0.341 e. The van der Waals surface area contributed by atoms with Gasteiger partial charge < -0.3 is 10.2 Å². The summed E-state index contributed by atoms with van der Waals surface area (Å²) in [4.78, 5) is 17.6. The van der Waals surface area contributed by atoms with Crippen molar-refractivity contribution in [3.05, 3.63) is 51.5 Å². The van der Waals surface area contributed by atoms with Gasteiger partial charge in [-0.05, 0) is 68.7 Å². The molecule has 0 atom stereocenters. The third-order valence-electron chi connectivity index (χ3n) is 4.93. The molecule has 1 amide bonds. The number of allylic oxidation sites excluding steroid dienone is 4. The van der Waals surface area contributed by atoms with Gasteiger partial charge in [0.25, 0.3) is 0 Å². The van der Waals surface area contributed by atoms with Crippen LogP contribution in [0.25, 0.3) is 0 Å². The van der Waals surface area contributed by atoms with E-state index in [0.717, 1.165) is 36.4 Å². The maximum Gasteiger partial charge on any atom is 0.224 e. The minimum absolute atomic E-state index is 0.0157. The second-order valence-corrected chi connectivity index (χ2v) is 10.2. The molecular weight excluding hydrogens is 364 g/mol. The molecule has 0 aromatic carbocycles. The Morgan fingerprint density at radius 1 is 1.36 bits per heavy atom. The van der Waals surface area contributed by atoms with E-state index in [1.807, 2.05) is 17.4 Å². The zero-order chi connectivity index (χ0) is 20.9. The Morgan fingerprint density at radius 2 is 2.07 bits per heavy atom. The molecule has 154 valence electrons. The maximum atomic E-state index is 12.4. The van der Waals surface area contributed by atoms with Crippen LogP contribution in [0.1, 0.15) is 70.1 Å². The number of carbonyl (C=O) groups is 1. The summed E-state index contributed by atoms with van der Waals surface area (Å²) in [7, 11) is 0. The van der Waals surface area contributed by atoms with E-state index in [1.54, 1.807) is 0 Å². The first kappa shape index (κ1) is 22.5. The lowest BCUT2D eigenvalue weighted by atomic mass is 9.92. The number of nitrogens with one attached hydrogen (secondary N) is 1. The molecule has 3 nitrogen and oxygen atoms in total. The number of hydrogen-bond acceptors (Lipinski definition) is 3. The fourth-order valence-corrected chi connectivity index (χ4v) is 4.70. The number of rotatable bonds is 6. The summed E-state index contributed by atoms with van der Waals surface area (Å²) in [6.07, 6.45) is 8.99. The van der Waals surface area contributed by atoms with Crippen molar-refractivity contribution in [1.82, 2.24) is 5.32 Å². The van der Waals surface area contributed by atoms with Crippen LogP contribution < -0.4 is 10.2 Å². The van der Waals surface area contributed by atoms with Crippen LogP contribution in [0.2, 0.25) is 0 Å². The molecule has 0 saturated heterocycles. The molecule has 1 N–H and O–H groups in total. The average molecular weight is 401 g/mol. The molecule has 1 aromatic heterocycles. The molecule has 1 aliphatic rings. The van der Waals surface area contributed by atoms with Crippen molar-refractivity contribution in [2.45, 2.75) is 73.6 Å². The van der Waals surface area contributed by atoms with Crippen LogP contribution in [-0.4, -0.2) is 12.5 Å². The molecule has 0 fully saturated rings. The first-order valence-corrected chi connectivity index (χ1v) is 11.2. The lowest BCUT2D eigenvalue weighted by Crippen LogP contribution is -2.27. The number of fused-ring (bicyclic) bond motifs is 1. The minimum atomic E-state index is -0.0157. The molecule has 1 aromatic rings. The molecule has 2 rings (SSSR count). The quantitative estimate of drug-likeness (QED) is 0.552. The number of thiophene rings is 1. The topological polar surface area (TPSA) is 32.3 Å². The fraction of sp³-hybridized carbons (Fsp3) is 0.542. The van der Waals surface area contributed by atoms with E-state index in [2.05, 4.69) is 70.5 Å². The van der Waals surface area contributed by atoms with Crippen LogP contribution in [0, 0.1) is 12.3 Å². The second kappa shape index (κ2) is 9.60. The molecule has 0 radical (unpaired) electrons. The lowest BCUT2D eigenvalue weighted by molar-refractivity contribution is -0.122. The van der Waals surface area contributed by atoms with Gasteiger partial charge in [-0.15, -0.1) is 11.3 Å². The van der Waals surface area contributed by atoms with E-state index >= 15 is 0 Å². The summed E-state index contributed by atoms with van der Waals surface area (Å²) in [5.74, 6) is 0.0859. The summed E-state index contributed by atoms with van der Waals surface area (Å²) >= 11 is 1.91. The molecule has 4 heteroatoms. The number of anilines is 1. The van der Waals surface area contributed by atoms with Gasteiger partial charge in [0.05, 0.1) is 5.69 Å². The summed E-state index contributed by atoms with van der Waals surface area (Å²) < 4.78 is 0. The number of aryl methyl sites for hydroxylation is 2. The predicted octanol–water partition coefficient (Wildman–Crippen LogP) is 6.51. The van der Waals surface area contributed by atoms with Crippen molar-refractivity contribution in [2.75, 3.05) is 11.4 Å². The smallest absolute Gasteiger partial charge is 0.224 e. The van der Waals surface area contributed by atoms with Crippen LogP contribution in [0.5, 0.6) is 0 Å². The van der Waals surface area contributed by atoms with E-state index in [0.29, 0.717) is 6.42 Å². The third-order valence-corrected chi connectivity index (χ3v) is 6.03. The highest BCUT2D eigenvalue weighted by atomic mass is 32.1. The van der Waals surface area contributed by atoms with E-state index in [1.165, 1.54) is 28.3 Å². The third kappa shape index (κ3) is 6.10. The molecule has 1 aliphatic heterocycles. The maximum absolute atomic E-state index is 12.4. The van der Waals surface area contributed by atoms with E-state index < -0.39 is 0 Å². The Balaban J connectivity index is 2.32. The van der Waals surface area contributed by atoms with Gasteiger partial charge in [-0.1, -0.05) is 34.3 Å². The molecule has 0 bridgehead atoms. The summed E-state index contributed by atoms with van der Waals surface area (Å²) in [5, 5.41) is 3.14. The van der Waals surface area contributed by atoms with Gasteiger partial charge in [0, 0.05) is 34.1 Å². The van der Waals surface area contributed by atoms with Gasteiger partial charge >= 0.3 is 0 Å². The van der Waals surface area contributed by atoms with Gasteiger partial charge in [0.2, 0.25) is 5.91 Å². The monoisotopic (exact) mass is 400 g/mol. The second-order valence-electron chi connectivity index (χ2n) is 8.85. The summed E-state index contributed by atoms with van der Waals surface area (Å²) in [6, 6.07) is 2.30. The SMILES string of the molecule is C=C/C(=C\C(C)=C(/CC)NC(=O)CC(C)(C)C)N1CCCCc2sc(C)cc21. The Kier molecular flexibility index (Phi) is 7.70. The number of carbonyl (C=O) groups excluding carboxylic acids is 1. The average Bonchev–Trinajstić information content (AvgIpc) is 2.86. The van der Waals surface area contributed by atoms with E-state index in [9.17, 15) is 4.79 Å². The zero-order valence-electron chi connectivity index (χ0n) is 18.4. The highest BCUT2D eigenvalue weighted by Crippen LogP contribution is 2.36. The van der Waals surface area contributed by atoms with Crippen molar-refractivity contribution >= 4 is 22.9 Å². The molecular formula is C24H36N2OS. The summed E-state index contributed by atoms with van der Waals surface area (Å²) in [6.45, 7) is 17.7. The van der Waals surface area contributed by atoms with Crippen molar-refractivity contribution in [1.29, 1.82) is 0 Å². The van der Waals surface area contributed by atoms with Gasteiger partial charge in [-0.3, -0.25) is 4.79 Å². The van der Waals surface area contributed by atoms with Crippen LogP contribution in [-0.2, 0) is 11.2 Å². The number of hydrogen-bond donors (Lipinski definition) is 1. The van der Waals surface area contributed by atoms with Gasteiger partial charge in [0.1, 0.15) is 0 Å². The normalized spacial score (nSPS) is 16.2. The van der Waals surface area contributed by atoms with E-state index in [-0.39, 0.29) is 11.3 Å². The van der Waals surface area contributed by atoms with E-state index in [4.69, 9.17) is 0 Å². The Bertz CT molecular complexity index is 777. The Labute approximate surface area is 175 Å². The molecule has 2 heterocycles. The number of amides is 1. The van der Waals surface area contributed by atoms with Crippen LogP contribution in [0.3, 0.4) is 0 Å². The van der Waals surface area contributed by atoms with Gasteiger partial charge in [-0.25, -0.2) is 0 Å². The lowest BCUT2D eigenvalue weighted by Gasteiger charge is -2.25.